The van der Waals surface area contributed by atoms with Crippen molar-refractivity contribution in [2.45, 2.75) is 26.5 Å². The number of aliphatic hydroxyl groups excluding tert-OH is 1. The Morgan fingerprint density at radius 2 is 1.87 bits per heavy atom. The van der Waals surface area contributed by atoms with Crippen LogP contribution in [0.5, 0.6) is 0 Å². The van der Waals surface area contributed by atoms with Gasteiger partial charge in [0.2, 0.25) is 0 Å². The summed E-state index contributed by atoms with van der Waals surface area (Å²) in [6, 6.07) is 7.96. The molecular weight excluding hydrogens is 186 g/mol. The van der Waals surface area contributed by atoms with E-state index in [9.17, 15) is 0 Å². The van der Waals surface area contributed by atoms with E-state index in [0.29, 0.717) is 0 Å². The molecule has 0 spiro atoms. The van der Waals surface area contributed by atoms with Crippen LogP contribution in [0.25, 0.3) is 0 Å². The minimum atomic E-state index is 0.111. The fourth-order valence-electron chi connectivity index (χ4n) is 1.27. The predicted molar refractivity (Wildman–Crippen MR) is 62.1 cm³/mol. The third-order valence-electron chi connectivity index (χ3n) is 2.14. The largest absolute Gasteiger partial charge is 0.392 e. The van der Waals surface area contributed by atoms with Crippen molar-refractivity contribution in [2.75, 3.05) is 6.54 Å². The van der Waals surface area contributed by atoms with Crippen LogP contribution >= 0.6 is 0 Å². The highest BCUT2D eigenvalue weighted by molar-refractivity contribution is 5.21. The minimum Gasteiger partial charge on any atom is -0.392 e. The normalized spacial score (nSPS) is 9.47. The molecule has 0 aliphatic carbocycles. The quantitative estimate of drug-likeness (QED) is 0.563. The van der Waals surface area contributed by atoms with E-state index in [1.54, 1.807) is 0 Å². The molecule has 80 valence electrons. The Labute approximate surface area is 91.3 Å². The van der Waals surface area contributed by atoms with Gasteiger partial charge < -0.3 is 10.4 Å². The zero-order valence-corrected chi connectivity index (χ0v) is 9.09. The van der Waals surface area contributed by atoms with Crippen molar-refractivity contribution in [2.24, 2.45) is 0 Å². The monoisotopic (exact) mass is 203 g/mol. The summed E-state index contributed by atoms with van der Waals surface area (Å²) in [7, 11) is 0. The lowest BCUT2D eigenvalue weighted by molar-refractivity contribution is 0.282. The molecule has 2 nitrogen and oxygen atoms in total. The smallest absolute Gasteiger partial charge is 0.0681 e. The van der Waals surface area contributed by atoms with Gasteiger partial charge in [-0.05, 0) is 18.1 Å². The fourth-order valence-corrected chi connectivity index (χ4v) is 1.27. The standard InChI is InChI=1S/C13H17NO/c1-2-3-4-9-14-10-12-5-7-13(11-15)8-6-12/h5-8,14-15H,4,9-11H2,1H3. The van der Waals surface area contributed by atoms with Crippen molar-refractivity contribution in [1.29, 1.82) is 0 Å². The third kappa shape index (κ3) is 4.64. The van der Waals surface area contributed by atoms with Gasteiger partial charge in [-0.25, -0.2) is 0 Å². The van der Waals surface area contributed by atoms with Crippen LogP contribution in [0.2, 0.25) is 0 Å². The molecule has 0 radical (unpaired) electrons. The maximum Gasteiger partial charge on any atom is 0.0681 e. The summed E-state index contributed by atoms with van der Waals surface area (Å²) in [6.45, 7) is 3.74. The van der Waals surface area contributed by atoms with E-state index in [-0.39, 0.29) is 6.61 Å². The molecule has 0 aliphatic rings. The molecule has 0 amide bonds. The van der Waals surface area contributed by atoms with Crippen molar-refractivity contribution in [3.63, 3.8) is 0 Å². The van der Waals surface area contributed by atoms with Crippen molar-refractivity contribution in [3.05, 3.63) is 35.4 Å². The molecule has 0 aromatic heterocycles. The van der Waals surface area contributed by atoms with Crippen molar-refractivity contribution >= 4 is 0 Å². The summed E-state index contributed by atoms with van der Waals surface area (Å²) in [6.07, 6.45) is 0.894. The number of benzene rings is 1. The van der Waals surface area contributed by atoms with Gasteiger partial charge in [-0.1, -0.05) is 24.3 Å². The summed E-state index contributed by atoms with van der Waals surface area (Å²) >= 11 is 0. The molecule has 2 heteroatoms. The first-order valence-electron chi connectivity index (χ1n) is 5.16. The lowest BCUT2D eigenvalue weighted by atomic mass is 10.1. The first-order valence-corrected chi connectivity index (χ1v) is 5.16. The number of hydrogen-bond donors (Lipinski definition) is 2. The molecule has 0 atom stereocenters. The molecule has 0 saturated carbocycles. The molecule has 0 unspecified atom stereocenters. The summed E-state index contributed by atoms with van der Waals surface area (Å²) in [5, 5.41) is 12.2. The highest BCUT2D eigenvalue weighted by atomic mass is 16.3. The van der Waals surface area contributed by atoms with E-state index in [2.05, 4.69) is 17.2 Å². The first kappa shape index (κ1) is 11.8. The van der Waals surface area contributed by atoms with E-state index in [1.165, 1.54) is 5.56 Å². The van der Waals surface area contributed by atoms with E-state index in [0.717, 1.165) is 25.1 Å². The summed E-state index contributed by atoms with van der Waals surface area (Å²) < 4.78 is 0. The van der Waals surface area contributed by atoms with Crippen molar-refractivity contribution < 1.29 is 5.11 Å². The van der Waals surface area contributed by atoms with Crippen LogP contribution in [0, 0.1) is 11.8 Å². The van der Waals surface area contributed by atoms with Gasteiger partial charge in [0.25, 0.3) is 0 Å². The molecular formula is C13H17NO. The average Bonchev–Trinajstić information content (AvgIpc) is 2.30. The van der Waals surface area contributed by atoms with Gasteiger partial charge >= 0.3 is 0 Å². The van der Waals surface area contributed by atoms with Crippen molar-refractivity contribution in [3.8, 4) is 11.8 Å². The third-order valence-corrected chi connectivity index (χ3v) is 2.14. The van der Waals surface area contributed by atoms with Gasteiger partial charge in [0.15, 0.2) is 0 Å². The summed E-state index contributed by atoms with van der Waals surface area (Å²) in [4.78, 5) is 0. The van der Waals surface area contributed by atoms with Gasteiger partial charge in [-0.2, -0.15) is 0 Å². The molecule has 1 aromatic rings. The lowest BCUT2D eigenvalue weighted by Gasteiger charge is -2.03. The van der Waals surface area contributed by atoms with E-state index in [1.807, 2.05) is 31.2 Å². The van der Waals surface area contributed by atoms with Gasteiger partial charge in [0.1, 0.15) is 0 Å². The van der Waals surface area contributed by atoms with Crippen LogP contribution in [0.4, 0.5) is 0 Å². The molecule has 15 heavy (non-hydrogen) atoms. The van der Waals surface area contributed by atoms with Crippen LogP contribution in [-0.2, 0) is 13.2 Å². The van der Waals surface area contributed by atoms with Crippen LogP contribution in [0.3, 0.4) is 0 Å². The Bertz CT molecular complexity index is 332. The fraction of sp³-hybridized carbons (Fsp3) is 0.385. The van der Waals surface area contributed by atoms with Gasteiger partial charge in [0.05, 0.1) is 6.61 Å². The molecule has 2 N–H and O–H groups in total. The molecule has 0 saturated heterocycles. The Hall–Kier alpha value is -1.30. The second-order valence-electron chi connectivity index (χ2n) is 3.33. The summed E-state index contributed by atoms with van der Waals surface area (Å²) in [5.41, 5.74) is 2.19. The van der Waals surface area contributed by atoms with E-state index in [4.69, 9.17) is 5.11 Å². The molecule has 0 aliphatic heterocycles. The molecule has 1 rings (SSSR count). The number of rotatable bonds is 5. The van der Waals surface area contributed by atoms with Crippen LogP contribution in [0.15, 0.2) is 24.3 Å². The SMILES string of the molecule is CC#CCCNCc1ccc(CO)cc1. The predicted octanol–water partition coefficient (Wildman–Crippen LogP) is 1.68. The van der Waals surface area contributed by atoms with E-state index >= 15 is 0 Å². The van der Waals surface area contributed by atoms with Crippen molar-refractivity contribution in [1.82, 2.24) is 5.32 Å². The first-order chi connectivity index (χ1) is 7.36. The Balaban J connectivity index is 2.27. The van der Waals surface area contributed by atoms with Gasteiger partial charge in [0, 0.05) is 19.5 Å². The zero-order valence-electron chi connectivity index (χ0n) is 9.09. The van der Waals surface area contributed by atoms with Gasteiger partial charge in [-0.3, -0.25) is 0 Å². The minimum absolute atomic E-state index is 0.111. The van der Waals surface area contributed by atoms with Crippen LogP contribution in [0.1, 0.15) is 24.5 Å². The van der Waals surface area contributed by atoms with Gasteiger partial charge in [-0.15, -0.1) is 11.8 Å². The highest BCUT2D eigenvalue weighted by Gasteiger charge is 1.92. The molecule has 0 fully saturated rings. The molecule has 0 heterocycles. The highest BCUT2D eigenvalue weighted by Crippen LogP contribution is 2.03. The maximum absolute atomic E-state index is 8.87. The Morgan fingerprint density at radius 3 is 2.47 bits per heavy atom. The molecule has 1 aromatic carbocycles. The summed E-state index contributed by atoms with van der Waals surface area (Å²) in [5.74, 6) is 5.87. The Morgan fingerprint density at radius 1 is 1.20 bits per heavy atom. The van der Waals surface area contributed by atoms with Crippen LogP contribution in [-0.4, -0.2) is 11.7 Å². The lowest BCUT2D eigenvalue weighted by Crippen LogP contribution is -2.14. The number of aliphatic hydroxyl groups is 1. The Kier molecular flexibility index (Phi) is 5.54. The van der Waals surface area contributed by atoms with Crippen LogP contribution < -0.4 is 5.32 Å². The second-order valence-corrected chi connectivity index (χ2v) is 3.33. The van der Waals surface area contributed by atoms with E-state index < -0.39 is 0 Å². The number of hydrogen-bond acceptors (Lipinski definition) is 2. The maximum atomic E-state index is 8.87. The zero-order chi connectivity index (χ0) is 10.9. The average molecular weight is 203 g/mol. The second kappa shape index (κ2) is 7.05. The molecule has 0 bridgehead atoms. The topological polar surface area (TPSA) is 32.3 Å². The number of nitrogens with one attached hydrogen (secondary N) is 1.